The molecule has 0 aliphatic heterocycles. The summed E-state index contributed by atoms with van der Waals surface area (Å²) in [6, 6.07) is 2.23. The SMILES string of the molecule is Cc1cc2c(=O)n(C)cnc2n1C(C)C. The van der Waals surface area contributed by atoms with Gasteiger partial charge in [-0.15, -0.1) is 0 Å². The van der Waals surface area contributed by atoms with Crippen LogP contribution in [0.25, 0.3) is 11.0 Å². The second-order valence-electron chi connectivity index (χ2n) is 4.15. The van der Waals surface area contributed by atoms with Crippen molar-refractivity contribution < 1.29 is 0 Å². The molecule has 0 aromatic carbocycles. The third-order valence-electron chi connectivity index (χ3n) is 2.62. The summed E-state index contributed by atoms with van der Waals surface area (Å²) in [5.41, 5.74) is 1.88. The lowest BCUT2D eigenvalue weighted by Gasteiger charge is -2.11. The zero-order valence-electron chi connectivity index (χ0n) is 9.48. The quantitative estimate of drug-likeness (QED) is 0.709. The molecule has 0 aliphatic carbocycles. The van der Waals surface area contributed by atoms with E-state index in [4.69, 9.17) is 0 Å². The average Bonchev–Trinajstić information content (AvgIpc) is 2.49. The van der Waals surface area contributed by atoms with Crippen molar-refractivity contribution in [3.8, 4) is 0 Å². The van der Waals surface area contributed by atoms with Crippen molar-refractivity contribution in [2.24, 2.45) is 7.05 Å². The summed E-state index contributed by atoms with van der Waals surface area (Å²) in [6.45, 7) is 6.18. The molecule has 2 aromatic rings. The van der Waals surface area contributed by atoms with Crippen LogP contribution in [-0.4, -0.2) is 14.1 Å². The largest absolute Gasteiger partial charge is 0.327 e. The minimum absolute atomic E-state index is 0.0162. The van der Waals surface area contributed by atoms with Gasteiger partial charge in [0.1, 0.15) is 5.65 Å². The van der Waals surface area contributed by atoms with Gasteiger partial charge in [0, 0.05) is 18.8 Å². The minimum Gasteiger partial charge on any atom is -0.327 e. The van der Waals surface area contributed by atoms with E-state index in [0.29, 0.717) is 11.4 Å². The van der Waals surface area contributed by atoms with Crippen molar-refractivity contribution in [1.29, 1.82) is 0 Å². The fourth-order valence-electron chi connectivity index (χ4n) is 1.96. The first-order valence-corrected chi connectivity index (χ1v) is 5.05. The normalized spacial score (nSPS) is 11.5. The number of rotatable bonds is 1. The highest BCUT2D eigenvalue weighted by atomic mass is 16.1. The highest BCUT2D eigenvalue weighted by molar-refractivity contribution is 5.76. The molecule has 2 heterocycles. The number of nitrogens with zero attached hydrogens (tertiary/aromatic N) is 3. The predicted octanol–water partition coefficient (Wildman–Crippen LogP) is 1.62. The Morgan fingerprint density at radius 1 is 1.40 bits per heavy atom. The van der Waals surface area contributed by atoms with Crippen LogP contribution in [0.3, 0.4) is 0 Å². The number of aryl methyl sites for hydroxylation is 2. The average molecular weight is 205 g/mol. The van der Waals surface area contributed by atoms with E-state index >= 15 is 0 Å². The Morgan fingerprint density at radius 2 is 2.07 bits per heavy atom. The van der Waals surface area contributed by atoms with E-state index < -0.39 is 0 Å². The van der Waals surface area contributed by atoms with Crippen LogP contribution in [0.15, 0.2) is 17.2 Å². The summed E-state index contributed by atoms with van der Waals surface area (Å²) in [7, 11) is 1.72. The molecule has 0 bridgehead atoms. The molecular weight excluding hydrogens is 190 g/mol. The van der Waals surface area contributed by atoms with E-state index in [9.17, 15) is 4.79 Å². The minimum atomic E-state index is 0.0162. The maximum Gasteiger partial charge on any atom is 0.262 e. The van der Waals surface area contributed by atoms with Gasteiger partial charge in [-0.05, 0) is 26.8 Å². The van der Waals surface area contributed by atoms with Crippen LogP contribution >= 0.6 is 0 Å². The Hall–Kier alpha value is -1.58. The molecule has 4 heteroatoms. The molecule has 0 atom stereocenters. The lowest BCUT2D eigenvalue weighted by Crippen LogP contribution is -2.17. The molecule has 0 unspecified atom stereocenters. The molecule has 80 valence electrons. The van der Waals surface area contributed by atoms with Gasteiger partial charge in [0.2, 0.25) is 0 Å². The van der Waals surface area contributed by atoms with Crippen LogP contribution in [0, 0.1) is 6.92 Å². The van der Waals surface area contributed by atoms with Crippen molar-refractivity contribution in [2.75, 3.05) is 0 Å². The molecule has 0 fully saturated rings. The van der Waals surface area contributed by atoms with Crippen molar-refractivity contribution in [3.05, 3.63) is 28.4 Å². The van der Waals surface area contributed by atoms with Gasteiger partial charge in [-0.2, -0.15) is 0 Å². The number of hydrogen-bond donors (Lipinski definition) is 0. The van der Waals surface area contributed by atoms with Crippen molar-refractivity contribution in [1.82, 2.24) is 14.1 Å². The predicted molar refractivity (Wildman–Crippen MR) is 60.1 cm³/mol. The van der Waals surface area contributed by atoms with Crippen LogP contribution < -0.4 is 5.56 Å². The van der Waals surface area contributed by atoms with Crippen LogP contribution in [0.5, 0.6) is 0 Å². The molecule has 0 saturated heterocycles. The Labute approximate surface area is 88.2 Å². The first kappa shape index (κ1) is 9.96. The van der Waals surface area contributed by atoms with Crippen LogP contribution in [-0.2, 0) is 7.05 Å². The molecule has 0 aliphatic rings. The van der Waals surface area contributed by atoms with Gasteiger partial charge in [0.15, 0.2) is 0 Å². The number of hydrogen-bond acceptors (Lipinski definition) is 2. The van der Waals surface area contributed by atoms with E-state index in [-0.39, 0.29) is 5.56 Å². The monoisotopic (exact) mass is 205 g/mol. The van der Waals surface area contributed by atoms with Crippen molar-refractivity contribution in [2.45, 2.75) is 26.8 Å². The van der Waals surface area contributed by atoms with Crippen molar-refractivity contribution >= 4 is 11.0 Å². The van der Waals surface area contributed by atoms with E-state index in [0.717, 1.165) is 11.3 Å². The van der Waals surface area contributed by atoms with E-state index in [1.807, 2.05) is 13.0 Å². The third kappa shape index (κ3) is 1.37. The highest BCUT2D eigenvalue weighted by Gasteiger charge is 2.12. The Kier molecular flexibility index (Phi) is 2.14. The summed E-state index contributed by atoms with van der Waals surface area (Å²) in [6.07, 6.45) is 1.57. The molecule has 4 nitrogen and oxygen atoms in total. The summed E-state index contributed by atoms with van der Waals surface area (Å²) in [4.78, 5) is 16.1. The molecule has 0 radical (unpaired) electrons. The first-order valence-electron chi connectivity index (χ1n) is 5.05. The van der Waals surface area contributed by atoms with Gasteiger partial charge in [-0.25, -0.2) is 4.98 Å². The molecule has 0 saturated carbocycles. The van der Waals surface area contributed by atoms with Crippen molar-refractivity contribution in [3.63, 3.8) is 0 Å². The van der Waals surface area contributed by atoms with E-state index in [2.05, 4.69) is 23.4 Å². The fraction of sp³-hybridized carbons (Fsp3) is 0.455. The number of fused-ring (bicyclic) bond motifs is 1. The zero-order chi connectivity index (χ0) is 11.2. The summed E-state index contributed by atoms with van der Waals surface area (Å²) < 4.78 is 3.59. The van der Waals surface area contributed by atoms with Crippen LogP contribution in [0.4, 0.5) is 0 Å². The Morgan fingerprint density at radius 3 is 2.67 bits per heavy atom. The third-order valence-corrected chi connectivity index (χ3v) is 2.62. The highest BCUT2D eigenvalue weighted by Crippen LogP contribution is 2.18. The summed E-state index contributed by atoms with van der Waals surface area (Å²) in [5, 5.41) is 0.700. The fourth-order valence-corrected chi connectivity index (χ4v) is 1.96. The lowest BCUT2D eigenvalue weighted by atomic mass is 10.3. The van der Waals surface area contributed by atoms with Gasteiger partial charge in [0.05, 0.1) is 11.7 Å². The summed E-state index contributed by atoms with van der Waals surface area (Å²) >= 11 is 0. The van der Waals surface area contributed by atoms with Crippen LogP contribution in [0.1, 0.15) is 25.6 Å². The standard InChI is InChI=1S/C11H15N3O/c1-7(2)14-8(3)5-9-10(14)12-6-13(4)11(9)15/h5-7H,1-4H3. The molecule has 2 aromatic heterocycles. The smallest absolute Gasteiger partial charge is 0.262 e. The molecule has 15 heavy (non-hydrogen) atoms. The molecule has 0 N–H and O–H groups in total. The van der Waals surface area contributed by atoms with E-state index in [1.54, 1.807) is 13.4 Å². The first-order chi connectivity index (χ1) is 7.02. The maximum absolute atomic E-state index is 11.8. The zero-order valence-corrected chi connectivity index (χ0v) is 9.48. The van der Waals surface area contributed by atoms with Gasteiger partial charge in [-0.3, -0.25) is 4.79 Å². The van der Waals surface area contributed by atoms with Crippen LogP contribution in [0.2, 0.25) is 0 Å². The van der Waals surface area contributed by atoms with Gasteiger partial charge in [-0.1, -0.05) is 0 Å². The topological polar surface area (TPSA) is 39.8 Å². The molecule has 2 rings (SSSR count). The molecular formula is C11H15N3O. The summed E-state index contributed by atoms with van der Waals surface area (Å²) in [5.74, 6) is 0. The van der Waals surface area contributed by atoms with Gasteiger partial charge >= 0.3 is 0 Å². The van der Waals surface area contributed by atoms with Gasteiger partial charge in [0.25, 0.3) is 5.56 Å². The number of aromatic nitrogens is 3. The van der Waals surface area contributed by atoms with Gasteiger partial charge < -0.3 is 9.13 Å². The molecule has 0 amide bonds. The lowest BCUT2D eigenvalue weighted by molar-refractivity contribution is 0.601. The Bertz CT molecular complexity index is 563. The maximum atomic E-state index is 11.8. The Balaban J connectivity index is 2.92. The second-order valence-corrected chi connectivity index (χ2v) is 4.15. The van der Waals surface area contributed by atoms with E-state index in [1.165, 1.54) is 4.57 Å². The second kappa shape index (κ2) is 3.22. The molecule has 0 spiro atoms.